The molecule has 1 heterocycles. The highest BCUT2D eigenvalue weighted by atomic mass is 16.6. The molecule has 0 aliphatic rings. The number of carbonyl (C=O) groups is 2. The minimum Gasteiger partial charge on any atom is -0.444 e. The molecule has 1 aromatic heterocycles. The number of imidazole rings is 1. The van der Waals surface area contributed by atoms with Gasteiger partial charge in [-0.3, -0.25) is 25.0 Å². The largest absolute Gasteiger partial charge is 0.444 e. The molecule has 3 rings (SSSR count). The van der Waals surface area contributed by atoms with Gasteiger partial charge in [-0.15, -0.1) is 0 Å². The highest BCUT2D eigenvalue weighted by molar-refractivity contribution is 6.05. The monoisotopic (exact) mass is 495 g/mol. The number of aromatic amines is 1. The van der Waals surface area contributed by atoms with E-state index >= 15 is 0 Å². The van der Waals surface area contributed by atoms with Crippen LogP contribution >= 0.6 is 0 Å². The van der Waals surface area contributed by atoms with Crippen molar-refractivity contribution >= 4 is 17.6 Å². The van der Waals surface area contributed by atoms with Crippen LogP contribution in [0.3, 0.4) is 0 Å². The zero-order valence-corrected chi connectivity index (χ0v) is 19.8. The van der Waals surface area contributed by atoms with Crippen molar-refractivity contribution in [2.24, 2.45) is 0 Å². The number of nitro benzene ring substituents is 1. The van der Waals surface area contributed by atoms with Crippen molar-refractivity contribution in [1.82, 2.24) is 15.3 Å². The predicted molar refractivity (Wildman–Crippen MR) is 128 cm³/mol. The first-order valence-corrected chi connectivity index (χ1v) is 10.9. The number of nitro groups is 2. The minimum atomic E-state index is -1.58. The molecule has 0 spiro atoms. The maximum atomic E-state index is 13.6. The van der Waals surface area contributed by atoms with Crippen LogP contribution in [0, 0.1) is 20.2 Å². The Hall–Kier alpha value is -4.61. The lowest BCUT2D eigenvalue weighted by Crippen LogP contribution is -2.45. The van der Waals surface area contributed by atoms with Gasteiger partial charge >= 0.3 is 6.09 Å². The van der Waals surface area contributed by atoms with E-state index in [-0.39, 0.29) is 23.1 Å². The number of ether oxygens (including phenoxy) is 1. The number of hydrogen-bond donors (Lipinski definition) is 2. The number of aromatic nitrogens is 2. The second kappa shape index (κ2) is 10.8. The van der Waals surface area contributed by atoms with Gasteiger partial charge in [0, 0.05) is 28.8 Å². The number of carbonyl (C=O) groups excluding carboxylic acids is 2. The summed E-state index contributed by atoms with van der Waals surface area (Å²) in [5, 5.41) is 26.6. The van der Waals surface area contributed by atoms with Crippen molar-refractivity contribution in [2.45, 2.75) is 44.9 Å². The minimum absolute atomic E-state index is 0.0726. The van der Waals surface area contributed by atoms with Crippen molar-refractivity contribution in [3.05, 3.63) is 104 Å². The number of nitrogens with one attached hydrogen (secondary N) is 2. The normalized spacial score (nSPS) is 12.9. The van der Waals surface area contributed by atoms with E-state index in [2.05, 4.69) is 15.3 Å². The van der Waals surface area contributed by atoms with Crippen LogP contribution in [0.5, 0.6) is 0 Å². The number of rotatable bonds is 9. The van der Waals surface area contributed by atoms with E-state index in [4.69, 9.17) is 4.74 Å². The summed E-state index contributed by atoms with van der Waals surface area (Å²) in [5.74, 6) is -0.806. The maximum Gasteiger partial charge on any atom is 0.408 e. The second-order valence-corrected chi connectivity index (χ2v) is 8.94. The van der Waals surface area contributed by atoms with Gasteiger partial charge < -0.3 is 15.0 Å². The third-order valence-electron chi connectivity index (χ3n) is 5.12. The summed E-state index contributed by atoms with van der Waals surface area (Å²) in [7, 11) is 0. The first kappa shape index (κ1) is 26.0. The summed E-state index contributed by atoms with van der Waals surface area (Å²) in [6.45, 7) is 4.94. The highest BCUT2D eigenvalue weighted by Crippen LogP contribution is 2.35. The molecule has 12 heteroatoms. The number of alkyl carbamates (subject to hydrolysis) is 1. The molecule has 0 aliphatic carbocycles. The summed E-state index contributed by atoms with van der Waals surface area (Å²) in [6, 6.07) is 8.74. The molecule has 0 saturated heterocycles. The molecular formula is C24H25N5O7. The van der Waals surface area contributed by atoms with Gasteiger partial charge in [-0.25, -0.2) is 9.78 Å². The van der Waals surface area contributed by atoms with Crippen LogP contribution in [0.2, 0.25) is 0 Å². The zero-order chi connectivity index (χ0) is 26.5. The van der Waals surface area contributed by atoms with E-state index in [0.717, 1.165) is 0 Å². The fraction of sp³-hybridized carbons (Fsp3) is 0.292. The maximum absolute atomic E-state index is 13.6. The van der Waals surface area contributed by atoms with Crippen LogP contribution < -0.4 is 5.32 Å². The van der Waals surface area contributed by atoms with Gasteiger partial charge in [0.1, 0.15) is 17.2 Å². The number of para-hydroxylation sites is 1. The zero-order valence-electron chi connectivity index (χ0n) is 19.8. The average molecular weight is 495 g/mol. The fourth-order valence-electron chi connectivity index (χ4n) is 3.70. The summed E-state index contributed by atoms with van der Waals surface area (Å²) >= 11 is 0. The molecule has 0 aliphatic heterocycles. The Morgan fingerprint density at radius 1 is 1.08 bits per heavy atom. The quantitative estimate of drug-likeness (QED) is 0.255. The molecule has 3 aromatic rings. The van der Waals surface area contributed by atoms with Gasteiger partial charge in [-0.1, -0.05) is 36.4 Å². The van der Waals surface area contributed by atoms with Crippen LogP contribution in [0.4, 0.5) is 10.5 Å². The third kappa shape index (κ3) is 6.29. The van der Waals surface area contributed by atoms with E-state index in [1.165, 1.54) is 42.9 Å². The van der Waals surface area contributed by atoms with Crippen molar-refractivity contribution < 1.29 is 24.2 Å². The number of nitrogens with zero attached hydrogens (tertiary/aromatic N) is 3. The van der Waals surface area contributed by atoms with Crippen molar-refractivity contribution in [1.29, 1.82) is 0 Å². The number of amides is 1. The smallest absolute Gasteiger partial charge is 0.408 e. The van der Waals surface area contributed by atoms with E-state index < -0.39 is 45.1 Å². The molecule has 36 heavy (non-hydrogen) atoms. The van der Waals surface area contributed by atoms with E-state index in [9.17, 15) is 29.8 Å². The van der Waals surface area contributed by atoms with Crippen molar-refractivity contribution in [3.63, 3.8) is 0 Å². The van der Waals surface area contributed by atoms with Gasteiger partial charge in [-0.2, -0.15) is 0 Å². The van der Waals surface area contributed by atoms with Gasteiger partial charge in [0.2, 0.25) is 0 Å². The third-order valence-corrected chi connectivity index (χ3v) is 5.12. The summed E-state index contributed by atoms with van der Waals surface area (Å²) in [6.07, 6.45) is 1.86. The Morgan fingerprint density at radius 2 is 1.78 bits per heavy atom. The van der Waals surface area contributed by atoms with Gasteiger partial charge in [-0.05, 0) is 32.9 Å². The molecule has 1 unspecified atom stereocenters. The summed E-state index contributed by atoms with van der Waals surface area (Å²) in [5.41, 5.74) is -1.48. The Kier molecular flexibility index (Phi) is 7.77. The lowest BCUT2D eigenvalue weighted by Gasteiger charge is -2.23. The van der Waals surface area contributed by atoms with E-state index in [1.54, 1.807) is 39.0 Å². The van der Waals surface area contributed by atoms with Crippen LogP contribution in [0.1, 0.15) is 54.0 Å². The molecule has 0 saturated carbocycles. The first-order valence-electron chi connectivity index (χ1n) is 10.9. The molecular weight excluding hydrogens is 470 g/mol. The fourth-order valence-corrected chi connectivity index (χ4v) is 3.70. The Bertz CT molecular complexity index is 1250. The second-order valence-electron chi connectivity index (χ2n) is 8.94. The number of Topliss-reactive ketones (excluding diaryl/α,β-unsaturated/α-hetero) is 1. The number of benzene rings is 2. The van der Waals surface area contributed by atoms with E-state index in [0.29, 0.717) is 5.69 Å². The topological polar surface area (TPSA) is 170 Å². The molecule has 1 amide bonds. The first-order chi connectivity index (χ1) is 17.0. The van der Waals surface area contributed by atoms with Crippen molar-refractivity contribution in [2.75, 3.05) is 0 Å². The summed E-state index contributed by atoms with van der Waals surface area (Å²) < 4.78 is 5.25. The molecule has 2 atom stereocenters. The molecule has 0 bridgehead atoms. The number of hydrogen-bond acceptors (Lipinski definition) is 8. The molecule has 188 valence electrons. The van der Waals surface area contributed by atoms with Crippen LogP contribution in [-0.4, -0.2) is 43.3 Å². The van der Waals surface area contributed by atoms with E-state index in [1.807, 2.05) is 0 Å². The van der Waals surface area contributed by atoms with Gasteiger partial charge in [0.05, 0.1) is 16.8 Å². The molecule has 12 nitrogen and oxygen atoms in total. The Morgan fingerprint density at radius 3 is 2.33 bits per heavy atom. The standard InChI is InChI=1S/C24H25N5O7/c1-24(2,3)36-23(31)27-19(12-16-13-25-14-26-16)22(30)18-11-7-10-17(21(18)29(34)35)20(28(32)33)15-8-5-4-6-9-15/h4-11,13-14,19-20H,12H2,1-3H3,(H,25,26)(H,27,31)/t19-,20?/m0/s1. The molecule has 2 aromatic carbocycles. The van der Waals surface area contributed by atoms with Gasteiger partial charge in [0.25, 0.3) is 11.7 Å². The van der Waals surface area contributed by atoms with Crippen LogP contribution in [0.15, 0.2) is 61.1 Å². The molecule has 0 fully saturated rings. The lowest BCUT2D eigenvalue weighted by molar-refractivity contribution is -0.519. The molecule has 0 radical (unpaired) electrons. The SMILES string of the molecule is CC(C)(C)OC(=O)N[C@@H](Cc1cnc[nH]1)C(=O)c1cccc(C(c2ccccc2)[N+](=O)[O-])c1[N+](=O)[O-]. The highest BCUT2D eigenvalue weighted by Gasteiger charge is 2.38. The lowest BCUT2D eigenvalue weighted by atomic mass is 9.92. The average Bonchev–Trinajstić information content (AvgIpc) is 3.30. The number of H-pyrrole nitrogens is 1. The predicted octanol–water partition coefficient (Wildman–Crippen LogP) is 4.00. The Balaban J connectivity index is 2.08. The van der Waals surface area contributed by atoms with Crippen LogP contribution in [0.25, 0.3) is 0 Å². The van der Waals surface area contributed by atoms with Crippen molar-refractivity contribution in [3.8, 4) is 0 Å². The Labute approximate surface area is 206 Å². The van der Waals surface area contributed by atoms with Crippen LogP contribution in [-0.2, 0) is 11.2 Å². The van der Waals surface area contributed by atoms with Gasteiger partial charge in [0.15, 0.2) is 5.78 Å². The number of ketones is 1. The molecule has 2 N–H and O–H groups in total. The summed E-state index contributed by atoms with van der Waals surface area (Å²) in [4.78, 5) is 55.5.